The topological polar surface area (TPSA) is 59.0 Å². The summed E-state index contributed by atoms with van der Waals surface area (Å²) in [6.45, 7) is -0.113. The SMILES string of the molecule is O=C(Nc1cnn(CC(F)(F)F)c1)c1cccc([C@@H]2C[C@H]2NCC2CC2)c1. The summed E-state index contributed by atoms with van der Waals surface area (Å²) >= 11 is 0. The number of alkyl halides is 3. The Morgan fingerprint density at radius 2 is 2.11 bits per heavy atom. The van der Waals surface area contributed by atoms with Gasteiger partial charge in [0.05, 0.1) is 11.9 Å². The average molecular weight is 378 g/mol. The first-order valence-corrected chi connectivity index (χ1v) is 9.11. The molecule has 1 aromatic heterocycles. The Labute approximate surface area is 154 Å². The molecular weight excluding hydrogens is 357 g/mol. The van der Waals surface area contributed by atoms with Crippen molar-refractivity contribution in [2.45, 2.75) is 43.9 Å². The molecule has 0 aliphatic heterocycles. The van der Waals surface area contributed by atoms with Gasteiger partial charge in [-0.1, -0.05) is 12.1 Å². The molecule has 144 valence electrons. The number of carbonyl (C=O) groups is 1. The Morgan fingerprint density at radius 3 is 2.85 bits per heavy atom. The lowest BCUT2D eigenvalue weighted by atomic mass is 10.1. The minimum atomic E-state index is -4.35. The highest BCUT2D eigenvalue weighted by Gasteiger charge is 2.39. The molecule has 2 aliphatic carbocycles. The second kappa shape index (κ2) is 6.99. The van der Waals surface area contributed by atoms with Crippen LogP contribution in [-0.2, 0) is 6.54 Å². The van der Waals surface area contributed by atoms with Crippen LogP contribution >= 0.6 is 0 Å². The highest BCUT2D eigenvalue weighted by atomic mass is 19.4. The average Bonchev–Trinajstić information content (AvgIpc) is 3.51. The molecule has 27 heavy (non-hydrogen) atoms. The lowest BCUT2D eigenvalue weighted by Gasteiger charge is -2.07. The Morgan fingerprint density at radius 1 is 1.30 bits per heavy atom. The van der Waals surface area contributed by atoms with Crippen molar-refractivity contribution in [3.63, 3.8) is 0 Å². The van der Waals surface area contributed by atoms with E-state index in [0.29, 0.717) is 17.5 Å². The number of nitrogens with one attached hydrogen (secondary N) is 2. The predicted molar refractivity (Wildman–Crippen MR) is 94.5 cm³/mol. The summed E-state index contributed by atoms with van der Waals surface area (Å²) in [4.78, 5) is 12.4. The first-order chi connectivity index (χ1) is 12.9. The van der Waals surface area contributed by atoms with Crippen LogP contribution in [0.25, 0.3) is 0 Å². The van der Waals surface area contributed by atoms with Crippen LogP contribution in [0.3, 0.4) is 0 Å². The summed E-state index contributed by atoms with van der Waals surface area (Å²) in [7, 11) is 0. The van der Waals surface area contributed by atoms with E-state index in [1.807, 2.05) is 18.2 Å². The Bertz CT molecular complexity index is 828. The second-order valence-corrected chi connectivity index (χ2v) is 7.42. The number of amides is 1. The molecule has 5 nitrogen and oxygen atoms in total. The molecule has 2 atom stereocenters. The van der Waals surface area contributed by atoms with Crippen molar-refractivity contribution >= 4 is 11.6 Å². The van der Waals surface area contributed by atoms with Crippen molar-refractivity contribution in [3.05, 3.63) is 47.8 Å². The van der Waals surface area contributed by atoms with Crippen molar-refractivity contribution in [1.82, 2.24) is 15.1 Å². The number of rotatable bonds is 7. The zero-order valence-corrected chi connectivity index (χ0v) is 14.7. The quantitative estimate of drug-likeness (QED) is 0.775. The molecule has 1 aromatic carbocycles. The Hall–Kier alpha value is -2.35. The number of anilines is 1. The summed E-state index contributed by atoms with van der Waals surface area (Å²) in [5, 5.41) is 9.81. The molecule has 2 saturated carbocycles. The molecule has 1 heterocycles. The molecule has 8 heteroatoms. The van der Waals surface area contributed by atoms with Gasteiger partial charge in [0, 0.05) is 23.7 Å². The third-order valence-electron chi connectivity index (χ3n) is 4.97. The number of halogens is 3. The van der Waals surface area contributed by atoms with Crippen molar-refractivity contribution < 1.29 is 18.0 Å². The van der Waals surface area contributed by atoms with Crippen LogP contribution in [0.1, 0.15) is 41.1 Å². The summed E-state index contributed by atoms with van der Waals surface area (Å²) in [5.41, 5.74) is 1.85. The Balaban J connectivity index is 1.35. The molecule has 4 rings (SSSR count). The van der Waals surface area contributed by atoms with E-state index < -0.39 is 12.7 Å². The van der Waals surface area contributed by atoms with E-state index in [-0.39, 0.29) is 11.6 Å². The molecule has 0 radical (unpaired) electrons. The van der Waals surface area contributed by atoms with Gasteiger partial charge in [0.15, 0.2) is 0 Å². The normalized spacial score (nSPS) is 21.9. The van der Waals surface area contributed by atoms with E-state index in [2.05, 4.69) is 15.7 Å². The molecule has 0 bridgehead atoms. The van der Waals surface area contributed by atoms with Crippen LogP contribution in [0.15, 0.2) is 36.7 Å². The summed E-state index contributed by atoms with van der Waals surface area (Å²) in [6.07, 6.45) is 1.75. The first-order valence-electron chi connectivity index (χ1n) is 9.11. The minimum absolute atomic E-state index is 0.241. The number of hydrogen-bond donors (Lipinski definition) is 2. The monoisotopic (exact) mass is 378 g/mol. The van der Waals surface area contributed by atoms with Gasteiger partial charge in [-0.3, -0.25) is 9.48 Å². The highest BCUT2D eigenvalue weighted by Crippen LogP contribution is 2.41. The molecule has 2 N–H and O–H groups in total. The summed E-state index contributed by atoms with van der Waals surface area (Å²) < 4.78 is 37.9. The molecule has 2 aromatic rings. The summed E-state index contributed by atoms with van der Waals surface area (Å²) in [6, 6.07) is 7.90. The van der Waals surface area contributed by atoms with Gasteiger partial charge in [0.1, 0.15) is 6.54 Å². The fourth-order valence-corrected chi connectivity index (χ4v) is 3.24. The predicted octanol–water partition coefficient (Wildman–Crippen LogP) is 3.55. The van der Waals surface area contributed by atoms with Crippen LogP contribution in [0.5, 0.6) is 0 Å². The van der Waals surface area contributed by atoms with Gasteiger partial charge < -0.3 is 10.6 Å². The van der Waals surface area contributed by atoms with E-state index in [4.69, 9.17) is 0 Å². The van der Waals surface area contributed by atoms with E-state index >= 15 is 0 Å². The van der Waals surface area contributed by atoms with Gasteiger partial charge in [-0.25, -0.2) is 0 Å². The molecule has 0 unspecified atom stereocenters. The standard InChI is InChI=1S/C19H21F3N4O/c20-19(21,22)11-26-10-15(9-24-26)25-18(27)14-3-1-2-13(6-14)16-7-17(16)23-8-12-4-5-12/h1-3,6,9-10,12,16-17,23H,4-5,7-8,11H2,(H,25,27)/t16-,17+/m0/s1. The Kier molecular flexibility index (Phi) is 4.67. The third-order valence-corrected chi connectivity index (χ3v) is 4.97. The number of benzene rings is 1. The molecular formula is C19H21F3N4O. The van der Waals surface area contributed by atoms with E-state index in [1.165, 1.54) is 25.2 Å². The summed E-state index contributed by atoms with van der Waals surface area (Å²) in [5.74, 6) is 0.902. The number of hydrogen-bond acceptors (Lipinski definition) is 3. The van der Waals surface area contributed by atoms with Crippen LogP contribution < -0.4 is 10.6 Å². The van der Waals surface area contributed by atoms with Crippen LogP contribution in [0, 0.1) is 5.92 Å². The highest BCUT2D eigenvalue weighted by molar-refractivity contribution is 6.04. The smallest absolute Gasteiger partial charge is 0.319 e. The number of aromatic nitrogens is 2. The fourth-order valence-electron chi connectivity index (χ4n) is 3.24. The van der Waals surface area contributed by atoms with Gasteiger partial charge in [0.2, 0.25) is 0 Å². The van der Waals surface area contributed by atoms with Crippen LogP contribution in [0.4, 0.5) is 18.9 Å². The van der Waals surface area contributed by atoms with E-state index in [1.54, 1.807) is 6.07 Å². The minimum Gasteiger partial charge on any atom is -0.319 e. The van der Waals surface area contributed by atoms with Crippen molar-refractivity contribution in [3.8, 4) is 0 Å². The molecule has 2 aliphatic rings. The van der Waals surface area contributed by atoms with Gasteiger partial charge in [0.25, 0.3) is 5.91 Å². The van der Waals surface area contributed by atoms with Crippen molar-refractivity contribution in [2.75, 3.05) is 11.9 Å². The van der Waals surface area contributed by atoms with Gasteiger partial charge in [-0.2, -0.15) is 18.3 Å². The maximum absolute atomic E-state index is 12.4. The van der Waals surface area contributed by atoms with E-state index in [9.17, 15) is 18.0 Å². The second-order valence-electron chi connectivity index (χ2n) is 7.42. The molecule has 0 spiro atoms. The van der Waals surface area contributed by atoms with Crippen molar-refractivity contribution in [2.24, 2.45) is 5.92 Å². The van der Waals surface area contributed by atoms with Crippen LogP contribution in [-0.4, -0.2) is 34.5 Å². The fraction of sp³-hybridized carbons (Fsp3) is 0.474. The van der Waals surface area contributed by atoms with E-state index in [0.717, 1.165) is 29.1 Å². The zero-order valence-electron chi connectivity index (χ0n) is 14.7. The lowest BCUT2D eigenvalue weighted by molar-refractivity contribution is -0.142. The van der Waals surface area contributed by atoms with Gasteiger partial charge in [-0.15, -0.1) is 0 Å². The number of nitrogens with zero attached hydrogens (tertiary/aromatic N) is 2. The zero-order chi connectivity index (χ0) is 19.0. The van der Waals surface area contributed by atoms with Crippen molar-refractivity contribution in [1.29, 1.82) is 0 Å². The maximum Gasteiger partial charge on any atom is 0.408 e. The lowest BCUT2D eigenvalue weighted by Crippen LogP contribution is -2.20. The maximum atomic E-state index is 12.4. The molecule has 0 saturated heterocycles. The third kappa shape index (κ3) is 4.88. The van der Waals surface area contributed by atoms with Crippen LogP contribution in [0.2, 0.25) is 0 Å². The first kappa shape index (κ1) is 18.0. The largest absolute Gasteiger partial charge is 0.408 e. The van der Waals surface area contributed by atoms with Gasteiger partial charge in [-0.05, 0) is 49.4 Å². The van der Waals surface area contributed by atoms with Gasteiger partial charge >= 0.3 is 6.18 Å². The molecule has 1 amide bonds. The molecule has 2 fully saturated rings. The number of carbonyl (C=O) groups excluding carboxylic acids is 1.